The summed E-state index contributed by atoms with van der Waals surface area (Å²) in [6.45, 7) is 6.99. The number of nitrogens with zero attached hydrogens (tertiary/aromatic N) is 4. The lowest BCUT2D eigenvalue weighted by Gasteiger charge is -2.35. The molecule has 1 saturated heterocycles. The van der Waals surface area contributed by atoms with Crippen LogP contribution in [-0.4, -0.2) is 66.2 Å². The van der Waals surface area contributed by atoms with E-state index in [0.29, 0.717) is 43.4 Å². The maximum absolute atomic E-state index is 12.5. The van der Waals surface area contributed by atoms with Crippen molar-refractivity contribution < 1.29 is 19.1 Å². The molecule has 1 N–H and O–H groups in total. The van der Waals surface area contributed by atoms with Gasteiger partial charge in [0.2, 0.25) is 11.8 Å². The molecule has 0 aliphatic carbocycles. The zero-order valence-corrected chi connectivity index (χ0v) is 17.0. The SMILES string of the molecule is CCOC(=O)N1CCN(C(=O)CSC2=C(C#N)C(C)(C)[C@@H](C#N)C(=O)N2)CC1. The molecule has 0 saturated carbocycles. The summed E-state index contributed by atoms with van der Waals surface area (Å²) in [6, 6.07) is 4.02. The van der Waals surface area contributed by atoms with Crippen LogP contribution in [-0.2, 0) is 14.3 Å². The summed E-state index contributed by atoms with van der Waals surface area (Å²) < 4.78 is 4.96. The number of allylic oxidation sites excluding steroid dienone is 1. The van der Waals surface area contributed by atoms with E-state index in [2.05, 4.69) is 11.4 Å². The summed E-state index contributed by atoms with van der Waals surface area (Å²) in [5.41, 5.74) is -0.633. The molecule has 2 aliphatic rings. The molecule has 2 aliphatic heterocycles. The maximum atomic E-state index is 12.5. The van der Waals surface area contributed by atoms with Crippen molar-refractivity contribution in [3.8, 4) is 12.1 Å². The zero-order chi connectivity index (χ0) is 20.9. The lowest BCUT2D eigenvalue weighted by Crippen LogP contribution is -2.51. The second kappa shape index (κ2) is 8.98. The molecule has 1 atom stereocenters. The van der Waals surface area contributed by atoms with E-state index in [0.717, 1.165) is 11.8 Å². The van der Waals surface area contributed by atoms with Gasteiger partial charge < -0.3 is 19.9 Å². The molecule has 2 rings (SSSR count). The van der Waals surface area contributed by atoms with E-state index in [1.54, 1.807) is 30.6 Å². The fraction of sp³-hybridized carbons (Fsp3) is 0.611. The topological polar surface area (TPSA) is 127 Å². The van der Waals surface area contributed by atoms with Crippen LogP contribution in [0.1, 0.15) is 20.8 Å². The highest BCUT2D eigenvalue weighted by molar-refractivity contribution is 8.03. The van der Waals surface area contributed by atoms with Crippen LogP contribution in [0.15, 0.2) is 10.6 Å². The van der Waals surface area contributed by atoms with Gasteiger partial charge in [-0.3, -0.25) is 9.59 Å². The molecule has 0 spiro atoms. The largest absolute Gasteiger partial charge is 0.450 e. The standard InChI is InChI=1S/C18H23N5O4S/c1-4-27-17(26)23-7-5-22(6-8-23)14(24)11-28-16-13(10-20)18(2,3)12(9-19)15(25)21-16/h12H,4-8,11H2,1-3H3,(H,21,25)/t12-/m0/s1. The second-order valence-electron chi connectivity index (χ2n) is 6.94. The Morgan fingerprint density at radius 1 is 1.25 bits per heavy atom. The van der Waals surface area contributed by atoms with Crippen LogP contribution in [0.4, 0.5) is 4.79 Å². The average Bonchev–Trinajstić information content (AvgIpc) is 2.66. The van der Waals surface area contributed by atoms with Gasteiger partial charge in [0.05, 0.1) is 35.1 Å². The normalized spacial score (nSPS) is 21.5. The Bertz CT molecular complexity index is 772. The number of amides is 3. The molecule has 0 bridgehead atoms. The third-order valence-corrected chi connectivity index (χ3v) is 5.82. The first-order valence-electron chi connectivity index (χ1n) is 8.93. The highest BCUT2D eigenvalue weighted by atomic mass is 32.2. The van der Waals surface area contributed by atoms with Crippen LogP contribution in [0.3, 0.4) is 0 Å². The first-order valence-corrected chi connectivity index (χ1v) is 9.92. The Balaban J connectivity index is 1.98. The van der Waals surface area contributed by atoms with Gasteiger partial charge >= 0.3 is 6.09 Å². The number of carbonyl (C=O) groups excluding carboxylic acids is 3. The van der Waals surface area contributed by atoms with Gasteiger partial charge in [-0.15, -0.1) is 0 Å². The molecule has 28 heavy (non-hydrogen) atoms. The molecule has 2 heterocycles. The monoisotopic (exact) mass is 405 g/mol. The summed E-state index contributed by atoms with van der Waals surface area (Å²) in [4.78, 5) is 39.6. The number of nitriles is 2. The van der Waals surface area contributed by atoms with Gasteiger partial charge in [-0.25, -0.2) is 4.79 Å². The van der Waals surface area contributed by atoms with E-state index in [1.165, 1.54) is 0 Å². The molecule has 150 valence electrons. The quantitative estimate of drug-likeness (QED) is 0.741. The van der Waals surface area contributed by atoms with Crippen molar-refractivity contribution >= 4 is 29.7 Å². The molecular formula is C18H23N5O4S. The van der Waals surface area contributed by atoms with Crippen molar-refractivity contribution in [1.29, 1.82) is 10.5 Å². The number of piperazine rings is 1. The van der Waals surface area contributed by atoms with E-state index in [1.807, 2.05) is 6.07 Å². The van der Waals surface area contributed by atoms with Crippen molar-refractivity contribution in [3.05, 3.63) is 10.6 Å². The number of nitrogens with one attached hydrogen (secondary N) is 1. The summed E-state index contributed by atoms with van der Waals surface area (Å²) in [5, 5.41) is 21.6. The van der Waals surface area contributed by atoms with Crippen LogP contribution in [0.2, 0.25) is 0 Å². The minimum atomic E-state index is -0.960. The Morgan fingerprint density at radius 3 is 2.39 bits per heavy atom. The Hall–Kier alpha value is -2.72. The number of rotatable bonds is 4. The van der Waals surface area contributed by atoms with E-state index in [-0.39, 0.29) is 17.8 Å². The van der Waals surface area contributed by atoms with Gasteiger partial charge in [-0.05, 0) is 6.92 Å². The van der Waals surface area contributed by atoms with Crippen molar-refractivity contribution in [2.24, 2.45) is 11.3 Å². The molecule has 0 aromatic carbocycles. The fourth-order valence-corrected chi connectivity index (χ4v) is 4.19. The Labute approximate surface area is 168 Å². The first-order chi connectivity index (χ1) is 13.3. The smallest absolute Gasteiger partial charge is 0.409 e. The number of hydrogen-bond donors (Lipinski definition) is 1. The maximum Gasteiger partial charge on any atom is 0.409 e. The van der Waals surface area contributed by atoms with Crippen molar-refractivity contribution in [2.45, 2.75) is 20.8 Å². The molecule has 0 unspecified atom stereocenters. The third kappa shape index (κ3) is 4.39. The molecule has 9 nitrogen and oxygen atoms in total. The molecule has 10 heteroatoms. The Kier molecular flexibility index (Phi) is 6.92. The predicted octanol–water partition coefficient (Wildman–Crippen LogP) is 1.05. The van der Waals surface area contributed by atoms with Crippen molar-refractivity contribution in [3.63, 3.8) is 0 Å². The van der Waals surface area contributed by atoms with Crippen LogP contribution in [0.5, 0.6) is 0 Å². The van der Waals surface area contributed by atoms with Gasteiger partial charge in [-0.1, -0.05) is 25.6 Å². The van der Waals surface area contributed by atoms with Crippen LogP contribution < -0.4 is 5.32 Å². The van der Waals surface area contributed by atoms with Crippen LogP contribution in [0, 0.1) is 34.0 Å². The van der Waals surface area contributed by atoms with Gasteiger partial charge in [0, 0.05) is 31.6 Å². The highest BCUT2D eigenvalue weighted by Crippen LogP contribution is 2.41. The molecular weight excluding hydrogens is 382 g/mol. The lowest BCUT2D eigenvalue weighted by atomic mass is 9.72. The molecule has 0 aromatic rings. The number of ether oxygens (including phenoxy) is 1. The first kappa shape index (κ1) is 21.6. The predicted molar refractivity (Wildman–Crippen MR) is 101 cm³/mol. The molecule has 0 aromatic heterocycles. The second-order valence-corrected chi connectivity index (χ2v) is 7.93. The fourth-order valence-electron chi connectivity index (χ4n) is 3.11. The van der Waals surface area contributed by atoms with Crippen molar-refractivity contribution in [2.75, 3.05) is 38.5 Å². The van der Waals surface area contributed by atoms with Gasteiger partial charge in [0.1, 0.15) is 5.92 Å². The Morgan fingerprint density at radius 2 is 1.86 bits per heavy atom. The van der Waals surface area contributed by atoms with Crippen LogP contribution in [0.25, 0.3) is 0 Å². The minimum Gasteiger partial charge on any atom is -0.450 e. The lowest BCUT2D eigenvalue weighted by molar-refractivity contribution is -0.130. The summed E-state index contributed by atoms with van der Waals surface area (Å²) in [5.74, 6) is -1.52. The van der Waals surface area contributed by atoms with E-state index in [9.17, 15) is 24.9 Å². The molecule has 0 radical (unpaired) electrons. The highest BCUT2D eigenvalue weighted by Gasteiger charge is 2.44. The minimum absolute atomic E-state index is 0.0491. The van der Waals surface area contributed by atoms with Gasteiger partial charge in [0.15, 0.2) is 0 Å². The number of hydrogen-bond acceptors (Lipinski definition) is 7. The average molecular weight is 405 g/mol. The summed E-state index contributed by atoms with van der Waals surface area (Å²) in [7, 11) is 0. The van der Waals surface area contributed by atoms with Crippen LogP contribution >= 0.6 is 11.8 Å². The van der Waals surface area contributed by atoms with Gasteiger partial charge in [0.25, 0.3) is 0 Å². The third-order valence-electron chi connectivity index (χ3n) is 4.83. The molecule has 3 amide bonds. The van der Waals surface area contributed by atoms with Crippen molar-refractivity contribution in [1.82, 2.24) is 15.1 Å². The van der Waals surface area contributed by atoms with Gasteiger partial charge in [-0.2, -0.15) is 10.5 Å². The van der Waals surface area contributed by atoms with E-state index < -0.39 is 17.2 Å². The zero-order valence-electron chi connectivity index (χ0n) is 16.2. The summed E-state index contributed by atoms with van der Waals surface area (Å²) >= 11 is 1.08. The number of carbonyl (C=O) groups is 3. The van der Waals surface area contributed by atoms with E-state index in [4.69, 9.17) is 4.74 Å². The molecule has 1 fully saturated rings. The van der Waals surface area contributed by atoms with E-state index >= 15 is 0 Å². The number of thioether (sulfide) groups is 1. The summed E-state index contributed by atoms with van der Waals surface area (Å²) in [6.07, 6.45) is -0.382.